The first kappa shape index (κ1) is 23.0. The van der Waals surface area contributed by atoms with Crippen molar-refractivity contribution in [1.29, 1.82) is 0 Å². The van der Waals surface area contributed by atoms with Crippen LogP contribution >= 0.6 is 11.8 Å². The molecule has 1 heterocycles. The number of carboxylic acid groups (broad SMARTS) is 1. The first-order valence-corrected chi connectivity index (χ1v) is 11.2. The minimum Gasteiger partial charge on any atom is -0.480 e. The molecule has 1 aromatic heterocycles. The highest BCUT2D eigenvalue weighted by molar-refractivity contribution is 7.98. The Hall–Kier alpha value is -3.72. The molecular formula is C23H22N4O4S. The summed E-state index contributed by atoms with van der Waals surface area (Å²) in [6.07, 6.45) is 6.34. The number of hydrogen-bond acceptors (Lipinski definition) is 6. The highest BCUT2D eigenvalue weighted by Crippen LogP contribution is 2.27. The Bertz CT molecular complexity index is 1090. The fourth-order valence-electron chi connectivity index (χ4n) is 3.03. The molecule has 0 aliphatic rings. The van der Waals surface area contributed by atoms with E-state index in [1.54, 1.807) is 18.2 Å². The Morgan fingerprint density at radius 2 is 1.75 bits per heavy atom. The van der Waals surface area contributed by atoms with E-state index in [0.717, 1.165) is 5.56 Å². The number of carbonyl (C=O) groups excluding carboxylic acids is 2. The predicted octanol–water partition coefficient (Wildman–Crippen LogP) is 3.33. The Kier molecular flexibility index (Phi) is 7.93. The van der Waals surface area contributed by atoms with Gasteiger partial charge in [0.2, 0.25) is 0 Å². The second kappa shape index (κ2) is 11.1. The molecule has 32 heavy (non-hydrogen) atoms. The lowest BCUT2D eigenvalue weighted by atomic mass is 9.98. The van der Waals surface area contributed by atoms with Gasteiger partial charge in [0.05, 0.1) is 5.56 Å². The van der Waals surface area contributed by atoms with Crippen molar-refractivity contribution in [3.05, 3.63) is 78.4 Å². The highest BCUT2D eigenvalue weighted by Gasteiger charge is 2.22. The molecule has 9 heteroatoms. The maximum Gasteiger partial charge on any atom is 0.326 e. The Labute approximate surface area is 189 Å². The van der Waals surface area contributed by atoms with E-state index >= 15 is 0 Å². The Morgan fingerprint density at radius 3 is 2.41 bits per heavy atom. The van der Waals surface area contributed by atoms with Crippen molar-refractivity contribution in [2.24, 2.45) is 0 Å². The highest BCUT2D eigenvalue weighted by atomic mass is 32.2. The van der Waals surface area contributed by atoms with Crippen LogP contribution in [0.1, 0.15) is 27.1 Å². The van der Waals surface area contributed by atoms with Crippen LogP contribution in [0.4, 0.5) is 5.69 Å². The topological polar surface area (TPSA) is 121 Å². The number of benzene rings is 2. The van der Waals surface area contributed by atoms with Crippen molar-refractivity contribution in [3.8, 4) is 11.1 Å². The summed E-state index contributed by atoms with van der Waals surface area (Å²) in [5, 5.41) is 14.8. The summed E-state index contributed by atoms with van der Waals surface area (Å²) in [6, 6.07) is 13.1. The molecule has 0 saturated carbocycles. The lowest BCUT2D eigenvalue weighted by Gasteiger charge is -2.17. The molecule has 0 radical (unpaired) electrons. The van der Waals surface area contributed by atoms with Gasteiger partial charge in [-0.2, -0.15) is 11.8 Å². The Balaban J connectivity index is 1.91. The molecule has 164 valence electrons. The zero-order valence-corrected chi connectivity index (χ0v) is 18.1. The molecule has 1 atom stereocenters. The summed E-state index contributed by atoms with van der Waals surface area (Å²) in [5.74, 6) is -1.35. The summed E-state index contributed by atoms with van der Waals surface area (Å²) < 4.78 is 0. The standard InChI is InChI=1S/C23H22N4O4S/c1-32-10-9-20(23(30)31)27-22(29)18-8-7-17(11-19(18)15-5-3-2-4-6-15)26-21(28)16-12-24-14-25-13-16/h2-8,11-14,20H,9-10H2,1H3,(H,26,28)(H,27,29)(H,30,31)/t20-/m0/s1. The molecule has 3 N–H and O–H groups in total. The van der Waals surface area contributed by atoms with Crippen LogP contribution in [0, 0.1) is 0 Å². The molecule has 0 bridgehead atoms. The molecule has 2 amide bonds. The fraction of sp³-hybridized carbons (Fsp3) is 0.174. The number of aromatic nitrogens is 2. The summed E-state index contributed by atoms with van der Waals surface area (Å²) in [7, 11) is 0. The van der Waals surface area contributed by atoms with Crippen molar-refractivity contribution in [3.63, 3.8) is 0 Å². The summed E-state index contributed by atoms with van der Waals surface area (Å²) in [6.45, 7) is 0. The third-order valence-electron chi connectivity index (χ3n) is 4.64. The van der Waals surface area contributed by atoms with Gasteiger partial charge in [0.1, 0.15) is 12.4 Å². The third kappa shape index (κ3) is 5.92. The zero-order chi connectivity index (χ0) is 22.9. The van der Waals surface area contributed by atoms with Gasteiger partial charge in [-0.15, -0.1) is 0 Å². The van der Waals surface area contributed by atoms with Gasteiger partial charge in [-0.25, -0.2) is 14.8 Å². The second-order valence-electron chi connectivity index (χ2n) is 6.85. The van der Waals surface area contributed by atoms with Gasteiger partial charge in [-0.3, -0.25) is 9.59 Å². The number of anilines is 1. The zero-order valence-electron chi connectivity index (χ0n) is 17.3. The molecular weight excluding hydrogens is 428 g/mol. The van der Waals surface area contributed by atoms with Crippen molar-refractivity contribution in [2.45, 2.75) is 12.5 Å². The van der Waals surface area contributed by atoms with Crippen molar-refractivity contribution in [1.82, 2.24) is 15.3 Å². The molecule has 0 fully saturated rings. The van der Waals surface area contributed by atoms with Crippen LogP contribution in [0.25, 0.3) is 11.1 Å². The molecule has 8 nitrogen and oxygen atoms in total. The smallest absolute Gasteiger partial charge is 0.326 e. The average molecular weight is 451 g/mol. The molecule has 0 spiro atoms. The normalized spacial score (nSPS) is 11.4. The summed E-state index contributed by atoms with van der Waals surface area (Å²) >= 11 is 1.51. The number of carboxylic acids is 1. The molecule has 0 aliphatic carbocycles. The number of hydrogen-bond donors (Lipinski definition) is 3. The Morgan fingerprint density at radius 1 is 1.03 bits per heavy atom. The molecule has 2 aromatic carbocycles. The van der Waals surface area contributed by atoms with E-state index in [1.807, 2.05) is 36.6 Å². The SMILES string of the molecule is CSCC[C@H](NC(=O)c1ccc(NC(=O)c2cncnc2)cc1-c1ccccc1)C(=O)O. The van der Waals surface area contributed by atoms with Crippen molar-refractivity contribution >= 4 is 35.2 Å². The van der Waals surface area contributed by atoms with Crippen LogP contribution in [0.5, 0.6) is 0 Å². The van der Waals surface area contributed by atoms with Crippen LogP contribution in [-0.4, -0.2) is 50.9 Å². The maximum atomic E-state index is 13.0. The number of nitrogens with one attached hydrogen (secondary N) is 2. The lowest BCUT2D eigenvalue weighted by molar-refractivity contribution is -0.139. The van der Waals surface area contributed by atoms with E-state index in [-0.39, 0.29) is 5.91 Å². The van der Waals surface area contributed by atoms with Crippen molar-refractivity contribution < 1.29 is 19.5 Å². The van der Waals surface area contributed by atoms with Crippen LogP contribution in [0.3, 0.4) is 0 Å². The third-order valence-corrected chi connectivity index (χ3v) is 5.29. The van der Waals surface area contributed by atoms with E-state index in [0.29, 0.717) is 34.6 Å². The molecule has 0 saturated heterocycles. The average Bonchev–Trinajstić information content (AvgIpc) is 2.82. The van der Waals surface area contributed by atoms with Crippen molar-refractivity contribution in [2.75, 3.05) is 17.3 Å². The van der Waals surface area contributed by atoms with E-state index < -0.39 is 17.9 Å². The minimum absolute atomic E-state index is 0.300. The number of thioether (sulfide) groups is 1. The monoisotopic (exact) mass is 450 g/mol. The quantitative estimate of drug-likeness (QED) is 0.457. The predicted molar refractivity (Wildman–Crippen MR) is 124 cm³/mol. The fourth-order valence-corrected chi connectivity index (χ4v) is 3.50. The van der Waals surface area contributed by atoms with Gasteiger partial charge >= 0.3 is 5.97 Å². The van der Waals surface area contributed by atoms with Gasteiger partial charge in [-0.05, 0) is 47.8 Å². The van der Waals surface area contributed by atoms with Gasteiger partial charge in [0, 0.05) is 23.6 Å². The first-order chi connectivity index (χ1) is 15.5. The number of nitrogens with zero attached hydrogens (tertiary/aromatic N) is 2. The van der Waals surface area contributed by atoms with Crippen LogP contribution in [0.2, 0.25) is 0 Å². The number of rotatable bonds is 9. The van der Waals surface area contributed by atoms with Gasteiger partial charge in [-0.1, -0.05) is 30.3 Å². The summed E-state index contributed by atoms with van der Waals surface area (Å²) in [5.41, 5.74) is 2.42. The van der Waals surface area contributed by atoms with E-state index in [2.05, 4.69) is 20.6 Å². The second-order valence-corrected chi connectivity index (χ2v) is 7.84. The largest absolute Gasteiger partial charge is 0.480 e. The number of amides is 2. The van der Waals surface area contributed by atoms with E-state index in [9.17, 15) is 19.5 Å². The molecule has 0 aliphatic heterocycles. The summed E-state index contributed by atoms with van der Waals surface area (Å²) in [4.78, 5) is 44.7. The van der Waals surface area contributed by atoms with Gasteiger partial charge in [0.25, 0.3) is 11.8 Å². The molecule has 3 rings (SSSR count). The number of aliphatic carboxylic acids is 1. The van der Waals surface area contributed by atoms with Gasteiger partial charge < -0.3 is 15.7 Å². The van der Waals surface area contributed by atoms with E-state index in [4.69, 9.17) is 0 Å². The minimum atomic E-state index is -1.08. The van der Waals surface area contributed by atoms with E-state index in [1.165, 1.54) is 30.5 Å². The maximum absolute atomic E-state index is 13.0. The van der Waals surface area contributed by atoms with Crippen LogP contribution < -0.4 is 10.6 Å². The van der Waals surface area contributed by atoms with Gasteiger partial charge in [0.15, 0.2) is 0 Å². The van der Waals surface area contributed by atoms with Crippen LogP contribution in [-0.2, 0) is 4.79 Å². The lowest BCUT2D eigenvalue weighted by Crippen LogP contribution is -2.41. The first-order valence-electron chi connectivity index (χ1n) is 9.78. The molecule has 0 unspecified atom stereocenters. The van der Waals surface area contributed by atoms with Crippen LogP contribution in [0.15, 0.2) is 67.3 Å². The number of carbonyl (C=O) groups is 3. The molecule has 3 aromatic rings.